The Kier molecular flexibility index (Phi) is 6.04. The van der Waals surface area contributed by atoms with E-state index in [2.05, 4.69) is 0 Å². The molecule has 0 saturated carbocycles. The number of fused-ring (bicyclic) bond motifs is 1. The molecule has 7 heteroatoms. The Balaban J connectivity index is 1.67. The standard InChI is InChI=1S/C25H20Cl2N2O3/c1-15-7-10-22(16(2)13-15)28(25(32)20-9-8-17(26)14-21(20)27)11-12-29-23(30)18-5-3-4-6-19(18)24(29)31/h3-10,13-14H,11-12H2,1-2H3. The number of carbonyl (C=O) groups excluding carboxylic acids is 3. The lowest BCUT2D eigenvalue weighted by Crippen LogP contribution is -2.41. The average Bonchev–Trinajstić information content (AvgIpc) is 3.00. The van der Waals surface area contributed by atoms with Crippen LogP contribution in [0.4, 0.5) is 5.69 Å². The number of hydrogen-bond acceptors (Lipinski definition) is 3. The van der Waals surface area contributed by atoms with Crippen molar-refractivity contribution in [1.29, 1.82) is 0 Å². The molecular formula is C25H20Cl2N2O3. The molecule has 1 aliphatic heterocycles. The van der Waals surface area contributed by atoms with E-state index in [1.54, 1.807) is 41.3 Å². The first kappa shape index (κ1) is 22.1. The molecule has 0 N–H and O–H groups in total. The van der Waals surface area contributed by atoms with Crippen LogP contribution in [0.5, 0.6) is 0 Å². The largest absolute Gasteiger partial charge is 0.306 e. The van der Waals surface area contributed by atoms with Gasteiger partial charge in [-0.15, -0.1) is 0 Å². The van der Waals surface area contributed by atoms with Gasteiger partial charge in [0.25, 0.3) is 17.7 Å². The lowest BCUT2D eigenvalue weighted by atomic mass is 10.1. The van der Waals surface area contributed by atoms with E-state index in [1.165, 1.54) is 11.0 Å². The SMILES string of the molecule is Cc1ccc(N(CCN2C(=O)c3ccccc3C2=O)C(=O)c2ccc(Cl)cc2Cl)c(C)c1. The summed E-state index contributed by atoms with van der Waals surface area (Å²) in [7, 11) is 0. The van der Waals surface area contributed by atoms with Gasteiger partial charge in [0.05, 0.1) is 21.7 Å². The molecule has 0 bridgehead atoms. The van der Waals surface area contributed by atoms with Crippen LogP contribution in [0.1, 0.15) is 42.2 Å². The van der Waals surface area contributed by atoms with Crippen molar-refractivity contribution in [3.63, 3.8) is 0 Å². The highest BCUT2D eigenvalue weighted by Crippen LogP contribution is 2.28. The number of rotatable bonds is 5. The normalized spacial score (nSPS) is 12.8. The van der Waals surface area contributed by atoms with E-state index in [1.807, 2.05) is 32.0 Å². The van der Waals surface area contributed by atoms with Crippen LogP contribution in [-0.2, 0) is 0 Å². The Bertz CT molecular complexity index is 1220. The molecular weight excluding hydrogens is 447 g/mol. The van der Waals surface area contributed by atoms with Crippen molar-refractivity contribution in [2.45, 2.75) is 13.8 Å². The van der Waals surface area contributed by atoms with Gasteiger partial charge in [0.1, 0.15) is 0 Å². The Morgan fingerprint density at radius 3 is 2.16 bits per heavy atom. The van der Waals surface area contributed by atoms with Gasteiger partial charge >= 0.3 is 0 Å². The third kappa shape index (κ3) is 4.01. The summed E-state index contributed by atoms with van der Waals surface area (Å²) in [6, 6.07) is 17.1. The minimum atomic E-state index is -0.358. The maximum absolute atomic E-state index is 13.5. The summed E-state index contributed by atoms with van der Waals surface area (Å²) in [6.45, 7) is 4.05. The van der Waals surface area contributed by atoms with E-state index in [-0.39, 0.29) is 35.8 Å². The van der Waals surface area contributed by atoms with Crippen LogP contribution in [0.15, 0.2) is 60.7 Å². The molecule has 5 nitrogen and oxygen atoms in total. The maximum atomic E-state index is 13.5. The minimum absolute atomic E-state index is 0.0522. The summed E-state index contributed by atoms with van der Waals surface area (Å²) >= 11 is 12.3. The number of nitrogens with zero attached hydrogens (tertiary/aromatic N) is 2. The monoisotopic (exact) mass is 466 g/mol. The van der Waals surface area contributed by atoms with Crippen molar-refractivity contribution in [3.8, 4) is 0 Å². The fourth-order valence-electron chi connectivity index (χ4n) is 3.89. The lowest BCUT2D eigenvalue weighted by Gasteiger charge is -2.27. The Morgan fingerprint density at radius 2 is 1.56 bits per heavy atom. The summed E-state index contributed by atoms with van der Waals surface area (Å²) in [5.74, 6) is -1.05. The van der Waals surface area contributed by atoms with Gasteiger partial charge in [-0.2, -0.15) is 0 Å². The first-order valence-corrected chi connectivity index (χ1v) is 10.8. The summed E-state index contributed by atoms with van der Waals surface area (Å²) < 4.78 is 0. The van der Waals surface area contributed by atoms with Gasteiger partial charge in [-0.3, -0.25) is 19.3 Å². The van der Waals surface area contributed by atoms with Gasteiger partial charge in [0.2, 0.25) is 0 Å². The first-order valence-electron chi connectivity index (χ1n) is 10.1. The number of benzene rings is 3. The van der Waals surface area contributed by atoms with Crippen LogP contribution in [0.25, 0.3) is 0 Å². The number of anilines is 1. The van der Waals surface area contributed by atoms with Crippen LogP contribution in [-0.4, -0.2) is 35.7 Å². The molecule has 0 aromatic heterocycles. The molecule has 0 atom stereocenters. The number of hydrogen-bond donors (Lipinski definition) is 0. The fourth-order valence-corrected chi connectivity index (χ4v) is 4.38. The van der Waals surface area contributed by atoms with Crippen LogP contribution in [0.3, 0.4) is 0 Å². The van der Waals surface area contributed by atoms with Crippen molar-refractivity contribution in [3.05, 3.63) is 98.5 Å². The Hall–Kier alpha value is -3.15. The van der Waals surface area contributed by atoms with Gasteiger partial charge in [-0.25, -0.2) is 0 Å². The number of halogens is 2. The molecule has 1 heterocycles. The second kappa shape index (κ2) is 8.77. The van der Waals surface area contributed by atoms with E-state index in [9.17, 15) is 14.4 Å². The van der Waals surface area contributed by atoms with Crippen LogP contribution >= 0.6 is 23.2 Å². The molecule has 0 saturated heterocycles. The highest BCUT2D eigenvalue weighted by molar-refractivity contribution is 6.37. The maximum Gasteiger partial charge on any atom is 0.261 e. The number of amides is 3. The second-order valence-electron chi connectivity index (χ2n) is 7.68. The average molecular weight is 467 g/mol. The Labute approximate surface area is 196 Å². The van der Waals surface area contributed by atoms with E-state index < -0.39 is 0 Å². The molecule has 4 rings (SSSR count). The smallest absolute Gasteiger partial charge is 0.261 e. The zero-order valence-corrected chi connectivity index (χ0v) is 19.1. The van der Waals surface area contributed by atoms with Crippen molar-refractivity contribution in [1.82, 2.24) is 4.90 Å². The van der Waals surface area contributed by atoms with Crippen LogP contribution < -0.4 is 4.90 Å². The van der Waals surface area contributed by atoms with Gasteiger partial charge in [-0.05, 0) is 55.8 Å². The summed E-state index contributed by atoms with van der Waals surface area (Å²) in [6.07, 6.45) is 0. The van der Waals surface area contributed by atoms with Gasteiger partial charge in [-0.1, -0.05) is 53.0 Å². The third-order valence-electron chi connectivity index (χ3n) is 5.48. The van der Waals surface area contributed by atoms with Crippen molar-refractivity contribution in [2.24, 2.45) is 0 Å². The molecule has 162 valence electrons. The molecule has 3 amide bonds. The predicted molar refractivity (Wildman–Crippen MR) is 126 cm³/mol. The van der Waals surface area contributed by atoms with E-state index in [0.717, 1.165) is 11.1 Å². The molecule has 0 fully saturated rings. The van der Waals surface area contributed by atoms with E-state index in [4.69, 9.17) is 23.2 Å². The molecule has 0 spiro atoms. The Morgan fingerprint density at radius 1 is 0.906 bits per heavy atom. The number of aryl methyl sites for hydroxylation is 2. The highest BCUT2D eigenvalue weighted by atomic mass is 35.5. The number of carbonyl (C=O) groups is 3. The molecule has 1 aliphatic rings. The van der Waals surface area contributed by atoms with Crippen LogP contribution in [0.2, 0.25) is 10.0 Å². The molecule has 32 heavy (non-hydrogen) atoms. The quantitative estimate of drug-likeness (QED) is 0.462. The molecule has 0 unspecified atom stereocenters. The lowest BCUT2D eigenvalue weighted by molar-refractivity contribution is 0.0654. The second-order valence-corrected chi connectivity index (χ2v) is 8.52. The first-order chi connectivity index (χ1) is 15.3. The zero-order valence-electron chi connectivity index (χ0n) is 17.6. The van der Waals surface area contributed by atoms with Gasteiger partial charge in [0.15, 0.2) is 0 Å². The summed E-state index contributed by atoms with van der Waals surface area (Å²) in [4.78, 5) is 41.8. The molecule has 0 radical (unpaired) electrons. The molecule has 3 aromatic carbocycles. The highest BCUT2D eigenvalue weighted by Gasteiger charge is 2.35. The van der Waals surface area contributed by atoms with Crippen LogP contribution in [0, 0.1) is 13.8 Å². The van der Waals surface area contributed by atoms with Gasteiger partial charge < -0.3 is 4.90 Å². The van der Waals surface area contributed by atoms with Crippen molar-refractivity contribution >= 4 is 46.6 Å². The minimum Gasteiger partial charge on any atom is -0.306 e. The number of imide groups is 1. The van der Waals surface area contributed by atoms with E-state index in [0.29, 0.717) is 27.4 Å². The molecule has 3 aromatic rings. The van der Waals surface area contributed by atoms with Crippen molar-refractivity contribution in [2.75, 3.05) is 18.0 Å². The third-order valence-corrected chi connectivity index (χ3v) is 6.02. The van der Waals surface area contributed by atoms with E-state index >= 15 is 0 Å². The molecule has 0 aliphatic carbocycles. The van der Waals surface area contributed by atoms with Gasteiger partial charge in [0, 0.05) is 23.8 Å². The topological polar surface area (TPSA) is 57.7 Å². The summed E-state index contributed by atoms with van der Waals surface area (Å²) in [5.41, 5.74) is 3.68. The van der Waals surface area contributed by atoms with Crippen molar-refractivity contribution < 1.29 is 14.4 Å². The predicted octanol–water partition coefficient (Wildman–Crippen LogP) is 5.55. The summed E-state index contributed by atoms with van der Waals surface area (Å²) in [5, 5.41) is 0.661. The zero-order chi connectivity index (χ0) is 23.0. The fraction of sp³-hybridized carbons (Fsp3) is 0.160.